The molecule has 0 spiro atoms. The van der Waals surface area contributed by atoms with Crippen molar-refractivity contribution in [2.24, 2.45) is 0 Å². The fourth-order valence-corrected chi connectivity index (χ4v) is 3.88. The molecule has 0 amide bonds. The van der Waals surface area contributed by atoms with Gasteiger partial charge in [-0.25, -0.2) is 4.98 Å². The number of halogens is 2. The third kappa shape index (κ3) is 2.76. The van der Waals surface area contributed by atoms with Crippen molar-refractivity contribution in [2.45, 2.75) is 12.5 Å². The number of fused-ring (bicyclic) bond motifs is 1. The lowest BCUT2D eigenvalue weighted by molar-refractivity contribution is 0.173. The van der Waals surface area contributed by atoms with Gasteiger partial charge in [0.05, 0.1) is 16.3 Å². The van der Waals surface area contributed by atoms with E-state index in [1.807, 2.05) is 30.3 Å². The maximum Gasteiger partial charge on any atom is 0.198 e. The smallest absolute Gasteiger partial charge is 0.198 e. The molecule has 1 aromatic carbocycles. The van der Waals surface area contributed by atoms with E-state index in [1.165, 1.54) is 11.3 Å². The van der Waals surface area contributed by atoms with Gasteiger partial charge in [-0.05, 0) is 50.1 Å². The van der Waals surface area contributed by atoms with Crippen molar-refractivity contribution in [1.82, 2.24) is 4.98 Å². The van der Waals surface area contributed by atoms with Crippen molar-refractivity contribution in [2.75, 3.05) is 0 Å². The van der Waals surface area contributed by atoms with E-state index < -0.39 is 6.10 Å². The standard InChI is InChI=1S/C13H9Br2NO2S/c14-7-5-11(19-13(7)15)9(17)6-12-16-8-3-1-2-4-10(8)18-12/h1-5,9,17H,6H2. The first-order valence-electron chi connectivity index (χ1n) is 5.61. The zero-order chi connectivity index (χ0) is 13.4. The van der Waals surface area contributed by atoms with Crippen LogP contribution in [0.5, 0.6) is 0 Å². The van der Waals surface area contributed by atoms with Gasteiger partial charge in [-0.2, -0.15) is 0 Å². The summed E-state index contributed by atoms with van der Waals surface area (Å²) in [5, 5.41) is 10.2. The molecule has 0 bridgehead atoms. The van der Waals surface area contributed by atoms with Crippen LogP contribution >= 0.6 is 43.2 Å². The number of hydrogen-bond acceptors (Lipinski definition) is 4. The van der Waals surface area contributed by atoms with E-state index in [4.69, 9.17) is 4.42 Å². The summed E-state index contributed by atoms with van der Waals surface area (Å²) in [6.07, 6.45) is -0.241. The highest BCUT2D eigenvalue weighted by Crippen LogP contribution is 2.36. The monoisotopic (exact) mass is 401 g/mol. The van der Waals surface area contributed by atoms with Crippen LogP contribution in [0.25, 0.3) is 11.1 Å². The fraction of sp³-hybridized carbons (Fsp3) is 0.154. The molecule has 0 saturated carbocycles. The first kappa shape index (κ1) is 13.3. The molecule has 3 rings (SSSR count). The number of aliphatic hydroxyl groups excluding tert-OH is 1. The number of hydrogen-bond donors (Lipinski definition) is 1. The molecule has 2 heterocycles. The van der Waals surface area contributed by atoms with Crippen molar-refractivity contribution >= 4 is 54.3 Å². The highest BCUT2D eigenvalue weighted by molar-refractivity contribution is 9.13. The van der Waals surface area contributed by atoms with Gasteiger partial charge in [0.15, 0.2) is 11.5 Å². The Balaban J connectivity index is 1.84. The van der Waals surface area contributed by atoms with E-state index in [-0.39, 0.29) is 0 Å². The number of benzene rings is 1. The van der Waals surface area contributed by atoms with E-state index in [2.05, 4.69) is 36.8 Å². The second kappa shape index (κ2) is 5.36. The number of rotatable bonds is 3. The Kier molecular flexibility index (Phi) is 3.75. The summed E-state index contributed by atoms with van der Waals surface area (Å²) in [6.45, 7) is 0. The molecule has 3 aromatic rings. The molecule has 2 aromatic heterocycles. The highest BCUT2D eigenvalue weighted by Gasteiger charge is 2.16. The lowest BCUT2D eigenvalue weighted by atomic mass is 10.2. The Morgan fingerprint density at radius 2 is 2.11 bits per heavy atom. The Morgan fingerprint density at radius 1 is 1.32 bits per heavy atom. The van der Waals surface area contributed by atoms with Crippen LogP contribution in [0.15, 0.2) is 43.0 Å². The molecule has 0 aliphatic heterocycles. The molecule has 98 valence electrons. The van der Waals surface area contributed by atoms with Crippen LogP contribution in [-0.2, 0) is 6.42 Å². The normalized spacial score (nSPS) is 13.0. The van der Waals surface area contributed by atoms with Gasteiger partial charge in [-0.1, -0.05) is 12.1 Å². The quantitative estimate of drug-likeness (QED) is 0.691. The summed E-state index contributed by atoms with van der Waals surface area (Å²) in [4.78, 5) is 5.24. The SMILES string of the molecule is OC(Cc1nc2ccccc2o1)c1cc(Br)c(Br)s1. The lowest BCUT2D eigenvalue weighted by Crippen LogP contribution is -1.99. The van der Waals surface area contributed by atoms with E-state index in [0.717, 1.165) is 24.2 Å². The van der Waals surface area contributed by atoms with E-state index in [9.17, 15) is 5.11 Å². The Bertz CT molecular complexity index is 670. The maximum absolute atomic E-state index is 10.2. The van der Waals surface area contributed by atoms with E-state index in [0.29, 0.717) is 12.3 Å². The number of nitrogens with zero attached hydrogens (tertiary/aromatic N) is 1. The van der Waals surface area contributed by atoms with Gasteiger partial charge in [0, 0.05) is 9.35 Å². The van der Waals surface area contributed by atoms with Crippen LogP contribution in [0.4, 0.5) is 0 Å². The molecule has 0 fully saturated rings. The minimum Gasteiger partial charge on any atom is -0.441 e. The van der Waals surface area contributed by atoms with Gasteiger partial charge in [0.25, 0.3) is 0 Å². The molecule has 1 atom stereocenters. The second-order valence-electron chi connectivity index (χ2n) is 4.07. The Hall–Kier alpha value is -0.690. The predicted octanol–water partition coefficient (Wildman–Crippen LogP) is 4.69. The van der Waals surface area contributed by atoms with Crippen LogP contribution in [0.1, 0.15) is 16.9 Å². The zero-order valence-corrected chi connectivity index (χ0v) is 13.6. The number of oxazole rings is 1. The van der Waals surface area contributed by atoms with Crippen molar-refractivity contribution in [3.63, 3.8) is 0 Å². The van der Waals surface area contributed by atoms with Gasteiger partial charge in [0.1, 0.15) is 5.52 Å². The fourth-order valence-electron chi connectivity index (χ4n) is 1.80. The molecule has 0 radical (unpaired) electrons. The molecule has 19 heavy (non-hydrogen) atoms. The molecule has 0 aliphatic rings. The lowest BCUT2D eigenvalue weighted by Gasteiger charge is -2.04. The highest BCUT2D eigenvalue weighted by atomic mass is 79.9. The van der Waals surface area contributed by atoms with Crippen LogP contribution in [-0.4, -0.2) is 10.1 Å². The average molecular weight is 403 g/mol. The minimum absolute atomic E-state index is 0.369. The summed E-state index contributed by atoms with van der Waals surface area (Å²) in [6, 6.07) is 9.49. The van der Waals surface area contributed by atoms with Gasteiger partial charge < -0.3 is 9.52 Å². The van der Waals surface area contributed by atoms with Crippen LogP contribution in [0, 0.1) is 0 Å². The summed E-state index contributed by atoms with van der Waals surface area (Å²) in [7, 11) is 0. The molecular weight excluding hydrogens is 394 g/mol. The van der Waals surface area contributed by atoms with Crippen molar-refractivity contribution < 1.29 is 9.52 Å². The molecular formula is C13H9Br2NO2S. The third-order valence-corrected chi connectivity index (χ3v) is 6.06. The average Bonchev–Trinajstić information content (AvgIpc) is 2.93. The van der Waals surface area contributed by atoms with E-state index >= 15 is 0 Å². The topological polar surface area (TPSA) is 46.3 Å². The number of thiophene rings is 1. The number of aliphatic hydroxyl groups is 1. The third-order valence-electron chi connectivity index (χ3n) is 2.70. The first-order chi connectivity index (χ1) is 9.13. The molecule has 1 N–H and O–H groups in total. The van der Waals surface area contributed by atoms with Gasteiger partial charge >= 0.3 is 0 Å². The number of aromatic nitrogens is 1. The molecule has 0 aliphatic carbocycles. The first-order valence-corrected chi connectivity index (χ1v) is 8.01. The van der Waals surface area contributed by atoms with E-state index in [1.54, 1.807) is 0 Å². The Morgan fingerprint density at radius 3 is 2.79 bits per heavy atom. The van der Waals surface area contributed by atoms with Crippen molar-refractivity contribution in [3.8, 4) is 0 Å². The summed E-state index contributed by atoms with van der Waals surface area (Å²) in [5.74, 6) is 0.550. The zero-order valence-electron chi connectivity index (χ0n) is 9.64. The van der Waals surface area contributed by atoms with Gasteiger partial charge in [-0.15, -0.1) is 11.3 Å². The van der Waals surface area contributed by atoms with Gasteiger partial charge in [0.2, 0.25) is 0 Å². The summed E-state index contributed by atoms with van der Waals surface area (Å²) in [5.41, 5.74) is 1.57. The summed E-state index contributed by atoms with van der Waals surface area (Å²) < 4.78 is 7.53. The molecule has 0 saturated heterocycles. The van der Waals surface area contributed by atoms with Crippen molar-refractivity contribution in [1.29, 1.82) is 0 Å². The molecule has 6 heteroatoms. The summed E-state index contributed by atoms with van der Waals surface area (Å²) >= 11 is 8.33. The minimum atomic E-state index is -0.610. The number of para-hydroxylation sites is 2. The van der Waals surface area contributed by atoms with Gasteiger partial charge in [-0.3, -0.25) is 0 Å². The molecule has 3 nitrogen and oxygen atoms in total. The Labute approximate surface area is 130 Å². The molecule has 1 unspecified atom stereocenters. The largest absolute Gasteiger partial charge is 0.441 e. The van der Waals surface area contributed by atoms with Crippen LogP contribution in [0.3, 0.4) is 0 Å². The van der Waals surface area contributed by atoms with Crippen molar-refractivity contribution in [3.05, 3.63) is 49.4 Å². The van der Waals surface area contributed by atoms with Crippen LogP contribution < -0.4 is 0 Å². The second-order valence-corrected chi connectivity index (χ2v) is 7.32. The maximum atomic E-state index is 10.2. The predicted molar refractivity (Wildman–Crippen MR) is 82.4 cm³/mol. The van der Waals surface area contributed by atoms with Crippen LogP contribution in [0.2, 0.25) is 0 Å².